The van der Waals surface area contributed by atoms with Crippen molar-refractivity contribution in [2.24, 2.45) is 0 Å². The lowest BCUT2D eigenvalue weighted by Crippen LogP contribution is -2.27. The lowest BCUT2D eigenvalue weighted by atomic mass is 10.2. The Kier molecular flexibility index (Phi) is 2.02. The van der Waals surface area contributed by atoms with E-state index in [0.717, 1.165) is 6.42 Å². The van der Waals surface area contributed by atoms with Crippen LogP contribution in [0.2, 0.25) is 0 Å². The molecule has 2 N–H and O–H groups in total. The molecule has 0 saturated carbocycles. The van der Waals surface area contributed by atoms with E-state index in [9.17, 15) is 9.59 Å². The Morgan fingerprint density at radius 3 is 2.92 bits per heavy atom. The molecule has 0 spiro atoms. The highest BCUT2D eigenvalue weighted by Gasteiger charge is 2.12. The van der Waals surface area contributed by atoms with Crippen LogP contribution >= 0.6 is 0 Å². The average Bonchev–Trinajstić information content (AvgIpc) is 2.28. The summed E-state index contributed by atoms with van der Waals surface area (Å²) in [6.45, 7) is 0.928. The minimum Gasteiger partial charge on any atom is -0.376 e. The van der Waals surface area contributed by atoms with Crippen molar-refractivity contribution in [1.82, 2.24) is 9.97 Å². The summed E-state index contributed by atoms with van der Waals surface area (Å²) in [5, 5.41) is 0. The summed E-state index contributed by atoms with van der Waals surface area (Å²) in [6.07, 6.45) is 1.54. The van der Waals surface area contributed by atoms with Crippen molar-refractivity contribution < 1.29 is 4.74 Å². The molecule has 0 aliphatic carbocycles. The first kappa shape index (κ1) is 8.25. The number of ether oxygens (including phenoxy) is 1. The van der Waals surface area contributed by atoms with Crippen molar-refractivity contribution >= 4 is 0 Å². The van der Waals surface area contributed by atoms with Crippen molar-refractivity contribution in [2.45, 2.75) is 19.4 Å². The molecule has 1 aromatic rings. The summed E-state index contributed by atoms with van der Waals surface area (Å²) < 4.78 is 5.20. The van der Waals surface area contributed by atoms with Crippen LogP contribution in [0.3, 0.4) is 0 Å². The molecule has 0 unspecified atom stereocenters. The highest BCUT2D eigenvalue weighted by molar-refractivity contribution is 5.16. The van der Waals surface area contributed by atoms with Crippen LogP contribution in [-0.2, 0) is 17.8 Å². The number of H-pyrrole nitrogens is 2. The topological polar surface area (TPSA) is 75.0 Å². The highest BCUT2D eigenvalue weighted by atomic mass is 16.5. The van der Waals surface area contributed by atoms with E-state index in [-0.39, 0.29) is 5.56 Å². The van der Waals surface area contributed by atoms with E-state index in [2.05, 4.69) is 9.97 Å². The standard InChI is InChI=1S/C8H10N2O3/c11-7-5-4-13-3-1-2-6(5)9-8(12)10-7/h1-4H2,(H2,9,10,11,12). The molecule has 0 bridgehead atoms. The van der Waals surface area contributed by atoms with Crippen LogP contribution in [0.25, 0.3) is 0 Å². The van der Waals surface area contributed by atoms with Gasteiger partial charge in [-0.3, -0.25) is 9.78 Å². The Balaban J connectivity index is 2.60. The molecule has 0 saturated heterocycles. The monoisotopic (exact) mass is 182 g/mol. The third kappa shape index (κ3) is 1.55. The van der Waals surface area contributed by atoms with Gasteiger partial charge in [-0.2, -0.15) is 0 Å². The van der Waals surface area contributed by atoms with Gasteiger partial charge < -0.3 is 9.72 Å². The fourth-order valence-electron chi connectivity index (χ4n) is 1.45. The van der Waals surface area contributed by atoms with Crippen LogP contribution in [0.5, 0.6) is 0 Å². The maximum Gasteiger partial charge on any atom is 0.325 e. The van der Waals surface area contributed by atoms with E-state index in [4.69, 9.17) is 4.74 Å². The summed E-state index contributed by atoms with van der Waals surface area (Å²) in [6, 6.07) is 0. The third-order valence-electron chi connectivity index (χ3n) is 2.09. The van der Waals surface area contributed by atoms with Crippen LogP contribution in [-0.4, -0.2) is 16.6 Å². The lowest BCUT2D eigenvalue weighted by molar-refractivity contribution is 0.124. The molecule has 5 heteroatoms. The fraction of sp³-hybridized carbons (Fsp3) is 0.500. The smallest absolute Gasteiger partial charge is 0.325 e. The van der Waals surface area contributed by atoms with Gasteiger partial charge in [0.05, 0.1) is 12.2 Å². The van der Waals surface area contributed by atoms with Crippen molar-refractivity contribution in [3.8, 4) is 0 Å². The van der Waals surface area contributed by atoms with Gasteiger partial charge >= 0.3 is 5.69 Å². The first-order chi connectivity index (χ1) is 6.27. The summed E-state index contributed by atoms with van der Waals surface area (Å²) in [7, 11) is 0. The summed E-state index contributed by atoms with van der Waals surface area (Å²) in [5.74, 6) is 0. The molecule has 1 aliphatic rings. The van der Waals surface area contributed by atoms with E-state index < -0.39 is 5.69 Å². The van der Waals surface area contributed by atoms with Gasteiger partial charge in [0.15, 0.2) is 0 Å². The zero-order chi connectivity index (χ0) is 9.26. The van der Waals surface area contributed by atoms with Gasteiger partial charge in [-0.15, -0.1) is 0 Å². The SMILES string of the molecule is O=c1[nH]c2c(c(=O)[nH]1)COCCC2. The first-order valence-corrected chi connectivity index (χ1v) is 4.19. The second-order valence-corrected chi connectivity index (χ2v) is 3.02. The van der Waals surface area contributed by atoms with E-state index in [1.807, 2.05) is 0 Å². The predicted octanol–water partition coefficient (Wildman–Crippen LogP) is -0.474. The summed E-state index contributed by atoms with van der Waals surface area (Å²) >= 11 is 0. The Labute approximate surface area is 73.8 Å². The van der Waals surface area contributed by atoms with Gasteiger partial charge in [0.25, 0.3) is 5.56 Å². The molecule has 1 aliphatic heterocycles. The maximum absolute atomic E-state index is 11.3. The van der Waals surface area contributed by atoms with Crippen LogP contribution < -0.4 is 11.2 Å². The number of aromatic amines is 2. The predicted molar refractivity (Wildman–Crippen MR) is 45.7 cm³/mol. The van der Waals surface area contributed by atoms with Gasteiger partial charge in [-0.05, 0) is 12.8 Å². The van der Waals surface area contributed by atoms with E-state index in [1.54, 1.807) is 0 Å². The van der Waals surface area contributed by atoms with Gasteiger partial charge in [0.2, 0.25) is 0 Å². The molecular weight excluding hydrogens is 172 g/mol. The average molecular weight is 182 g/mol. The lowest BCUT2D eigenvalue weighted by Gasteiger charge is -2.00. The largest absolute Gasteiger partial charge is 0.376 e. The molecule has 0 radical (unpaired) electrons. The van der Waals surface area contributed by atoms with Gasteiger partial charge in [-0.1, -0.05) is 0 Å². The van der Waals surface area contributed by atoms with Crippen LogP contribution in [0.4, 0.5) is 0 Å². The van der Waals surface area contributed by atoms with Gasteiger partial charge in [0.1, 0.15) is 0 Å². The molecule has 0 atom stereocenters. The Bertz CT molecular complexity index is 418. The molecule has 0 amide bonds. The number of nitrogens with one attached hydrogen (secondary N) is 2. The second-order valence-electron chi connectivity index (χ2n) is 3.02. The summed E-state index contributed by atoms with van der Waals surface area (Å²) in [4.78, 5) is 27.0. The molecular formula is C8H10N2O3. The minimum atomic E-state index is -0.439. The van der Waals surface area contributed by atoms with Crippen molar-refractivity contribution in [2.75, 3.05) is 6.61 Å². The van der Waals surface area contributed by atoms with Crippen LogP contribution in [0.1, 0.15) is 17.7 Å². The zero-order valence-corrected chi connectivity index (χ0v) is 7.05. The Hall–Kier alpha value is -1.36. The minimum absolute atomic E-state index is 0.293. The Morgan fingerprint density at radius 1 is 1.23 bits per heavy atom. The Morgan fingerprint density at radius 2 is 2.08 bits per heavy atom. The van der Waals surface area contributed by atoms with E-state index in [0.29, 0.717) is 30.9 Å². The molecule has 1 aromatic heterocycles. The maximum atomic E-state index is 11.3. The number of fused-ring (bicyclic) bond motifs is 1. The number of aromatic nitrogens is 2. The third-order valence-corrected chi connectivity index (χ3v) is 2.09. The quantitative estimate of drug-likeness (QED) is 0.569. The van der Waals surface area contributed by atoms with E-state index in [1.165, 1.54) is 0 Å². The second kappa shape index (κ2) is 3.18. The molecule has 13 heavy (non-hydrogen) atoms. The molecule has 0 aromatic carbocycles. The first-order valence-electron chi connectivity index (χ1n) is 4.19. The molecule has 2 rings (SSSR count). The normalized spacial score (nSPS) is 16.3. The number of hydrogen-bond acceptors (Lipinski definition) is 3. The molecule has 70 valence electrons. The zero-order valence-electron chi connectivity index (χ0n) is 7.05. The van der Waals surface area contributed by atoms with Gasteiger partial charge in [-0.25, -0.2) is 4.79 Å². The molecule has 0 fully saturated rings. The van der Waals surface area contributed by atoms with Crippen molar-refractivity contribution in [3.05, 3.63) is 32.1 Å². The fourth-order valence-corrected chi connectivity index (χ4v) is 1.45. The number of hydrogen-bond donors (Lipinski definition) is 2. The highest BCUT2D eigenvalue weighted by Crippen LogP contribution is 2.08. The molecule has 2 heterocycles. The van der Waals surface area contributed by atoms with Crippen molar-refractivity contribution in [1.29, 1.82) is 0 Å². The number of rotatable bonds is 0. The van der Waals surface area contributed by atoms with Gasteiger partial charge in [0, 0.05) is 12.3 Å². The van der Waals surface area contributed by atoms with Crippen molar-refractivity contribution in [3.63, 3.8) is 0 Å². The van der Waals surface area contributed by atoms with Crippen LogP contribution in [0, 0.1) is 0 Å². The van der Waals surface area contributed by atoms with Crippen LogP contribution in [0.15, 0.2) is 9.59 Å². The summed E-state index contributed by atoms with van der Waals surface area (Å²) in [5.41, 5.74) is 0.495. The molecule has 5 nitrogen and oxygen atoms in total. The number of aryl methyl sites for hydroxylation is 1. The van der Waals surface area contributed by atoms with E-state index >= 15 is 0 Å².